The first-order chi connectivity index (χ1) is 8.50. The molecule has 8 heteroatoms. The van der Waals surface area contributed by atoms with Crippen molar-refractivity contribution in [3.8, 4) is 0 Å². The topological polar surface area (TPSA) is 101 Å². The molecule has 100 valence electrons. The molecule has 1 unspecified atom stereocenters. The van der Waals surface area contributed by atoms with Crippen molar-refractivity contribution in [3.05, 3.63) is 18.1 Å². The third-order valence-corrected chi connectivity index (χ3v) is 4.85. The smallest absolute Gasteiger partial charge is 0.158 e. The predicted octanol–water partition coefficient (Wildman–Crippen LogP) is -0.619. The van der Waals surface area contributed by atoms with E-state index >= 15 is 0 Å². The normalized spacial score (nSPS) is 22.3. The Hall–Kier alpha value is -1.25. The van der Waals surface area contributed by atoms with Crippen molar-refractivity contribution in [1.82, 2.24) is 14.9 Å². The number of sulfone groups is 1. The van der Waals surface area contributed by atoms with E-state index in [1.165, 1.54) is 0 Å². The van der Waals surface area contributed by atoms with Gasteiger partial charge in [-0.1, -0.05) is 0 Å². The van der Waals surface area contributed by atoms with E-state index in [1.54, 1.807) is 12.4 Å². The standard InChI is InChI=1S/C10H17N5O2S/c1-15(9-2-3-18(16,17)7-9)6-8-4-13-10(14-11)5-12-8/h4-5,9H,2-3,6-7,11H2,1H3,(H,13,14). The van der Waals surface area contributed by atoms with E-state index in [2.05, 4.69) is 15.4 Å². The SMILES string of the molecule is CN(Cc1cnc(NN)cn1)C1CCS(=O)(=O)C1. The van der Waals surface area contributed by atoms with Crippen LogP contribution in [0.25, 0.3) is 0 Å². The van der Waals surface area contributed by atoms with Crippen LogP contribution in [0.2, 0.25) is 0 Å². The van der Waals surface area contributed by atoms with E-state index < -0.39 is 9.84 Å². The molecule has 1 atom stereocenters. The van der Waals surface area contributed by atoms with Gasteiger partial charge in [0, 0.05) is 12.6 Å². The van der Waals surface area contributed by atoms with Gasteiger partial charge < -0.3 is 5.43 Å². The lowest BCUT2D eigenvalue weighted by Gasteiger charge is -2.22. The summed E-state index contributed by atoms with van der Waals surface area (Å²) in [5.74, 6) is 6.22. The highest BCUT2D eigenvalue weighted by atomic mass is 32.2. The molecule has 0 radical (unpaired) electrons. The Kier molecular flexibility index (Phi) is 3.79. The highest BCUT2D eigenvalue weighted by molar-refractivity contribution is 7.91. The van der Waals surface area contributed by atoms with Crippen LogP contribution in [0.4, 0.5) is 5.82 Å². The molecule has 2 heterocycles. The first-order valence-corrected chi connectivity index (χ1v) is 7.50. The van der Waals surface area contributed by atoms with Gasteiger partial charge in [0.05, 0.1) is 29.6 Å². The monoisotopic (exact) mass is 271 g/mol. The predicted molar refractivity (Wildman–Crippen MR) is 68.4 cm³/mol. The molecule has 0 amide bonds. The fraction of sp³-hybridized carbons (Fsp3) is 0.600. The van der Waals surface area contributed by atoms with Crippen molar-refractivity contribution < 1.29 is 8.42 Å². The first kappa shape index (κ1) is 13.2. The summed E-state index contributed by atoms with van der Waals surface area (Å²) in [4.78, 5) is 10.3. The quantitative estimate of drug-likeness (QED) is 0.556. The molecule has 0 saturated carbocycles. The van der Waals surface area contributed by atoms with Crippen molar-refractivity contribution >= 4 is 15.7 Å². The second-order valence-electron chi connectivity index (χ2n) is 4.51. The lowest BCUT2D eigenvalue weighted by atomic mass is 10.2. The number of nitrogens with zero attached hydrogens (tertiary/aromatic N) is 3. The lowest BCUT2D eigenvalue weighted by Crippen LogP contribution is -2.32. The van der Waals surface area contributed by atoms with Gasteiger partial charge in [-0.2, -0.15) is 0 Å². The third kappa shape index (κ3) is 3.15. The average Bonchev–Trinajstić information content (AvgIpc) is 2.71. The Labute approximate surface area is 106 Å². The number of aromatic nitrogens is 2. The van der Waals surface area contributed by atoms with Crippen molar-refractivity contribution in [1.29, 1.82) is 0 Å². The fourth-order valence-electron chi connectivity index (χ4n) is 2.02. The number of nitrogens with two attached hydrogens (primary N) is 1. The summed E-state index contributed by atoms with van der Waals surface area (Å²) < 4.78 is 22.8. The maximum Gasteiger partial charge on any atom is 0.158 e. The molecule has 1 aromatic rings. The maximum absolute atomic E-state index is 11.4. The molecular weight excluding hydrogens is 254 g/mol. The van der Waals surface area contributed by atoms with E-state index in [0.29, 0.717) is 18.8 Å². The van der Waals surface area contributed by atoms with E-state index in [4.69, 9.17) is 5.84 Å². The zero-order valence-electron chi connectivity index (χ0n) is 10.2. The van der Waals surface area contributed by atoms with Gasteiger partial charge in [0.25, 0.3) is 0 Å². The Bertz CT molecular complexity index is 502. The highest BCUT2D eigenvalue weighted by Gasteiger charge is 2.30. The number of hydrazine groups is 1. The summed E-state index contributed by atoms with van der Waals surface area (Å²) in [5, 5.41) is 0. The van der Waals surface area contributed by atoms with Gasteiger partial charge in [0.1, 0.15) is 0 Å². The number of hydrogen-bond donors (Lipinski definition) is 2. The second-order valence-corrected chi connectivity index (χ2v) is 6.74. The average molecular weight is 271 g/mol. The molecule has 0 aromatic carbocycles. The lowest BCUT2D eigenvalue weighted by molar-refractivity contribution is 0.251. The Morgan fingerprint density at radius 1 is 1.50 bits per heavy atom. The van der Waals surface area contributed by atoms with Gasteiger partial charge >= 0.3 is 0 Å². The van der Waals surface area contributed by atoms with Gasteiger partial charge in [-0.3, -0.25) is 9.88 Å². The van der Waals surface area contributed by atoms with Gasteiger partial charge in [0.2, 0.25) is 0 Å². The largest absolute Gasteiger partial charge is 0.307 e. The molecule has 7 nitrogen and oxygen atoms in total. The molecule has 18 heavy (non-hydrogen) atoms. The van der Waals surface area contributed by atoms with Crippen LogP contribution >= 0.6 is 0 Å². The highest BCUT2D eigenvalue weighted by Crippen LogP contribution is 2.17. The van der Waals surface area contributed by atoms with E-state index in [9.17, 15) is 8.42 Å². The molecule has 0 aliphatic carbocycles. The summed E-state index contributed by atoms with van der Waals surface area (Å²) in [7, 11) is -0.943. The molecule has 1 aliphatic heterocycles. The van der Waals surface area contributed by atoms with Crippen LogP contribution in [0.15, 0.2) is 12.4 Å². The van der Waals surface area contributed by atoms with E-state index in [0.717, 1.165) is 5.69 Å². The van der Waals surface area contributed by atoms with Crippen LogP contribution in [0, 0.1) is 0 Å². The summed E-state index contributed by atoms with van der Waals surface area (Å²) in [6.45, 7) is 0.581. The summed E-state index contributed by atoms with van der Waals surface area (Å²) in [6.07, 6.45) is 3.87. The molecule has 2 rings (SSSR count). The number of nitrogens with one attached hydrogen (secondary N) is 1. The van der Waals surface area contributed by atoms with Crippen LogP contribution in [-0.2, 0) is 16.4 Å². The zero-order chi connectivity index (χ0) is 13.2. The maximum atomic E-state index is 11.4. The van der Waals surface area contributed by atoms with Crippen LogP contribution in [-0.4, -0.2) is 47.9 Å². The number of anilines is 1. The van der Waals surface area contributed by atoms with Crippen molar-refractivity contribution in [3.63, 3.8) is 0 Å². The minimum absolute atomic E-state index is 0.0733. The van der Waals surface area contributed by atoms with Crippen molar-refractivity contribution in [2.24, 2.45) is 5.84 Å². The second kappa shape index (κ2) is 5.17. The van der Waals surface area contributed by atoms with Gasteiger partial charge in [-0.15, -0.1) is 0 Å². The molecule has 3 N–H and O–H groups in total. The van der Waals surface area contributed by atoms with Crippen molar-refractivity contribution in [2.45, 2.75) is 19.0 Å². The van der Waals surface area contributed by atoms with Gasteiger partial charge in [0.15, 0.2) is 15.7 Å². The summed E-state index contributed by atoms with van der Waals surface area (Å²) >= 11 is 0. The number of hydrogen-bond acceptors (Lipinski definition) is 7. The molecule has 0 bridgehead atoms. The Morgan fingerprint density at radius 3 is 2.78 bits per heavy atom. The number of rotatable bonds is 4. The minimum Gasteiger partial charge on any atom is -0.307 e. The van der Waals surface area contributed by atoms with Gasteiger partial charge in [-0.25, -0.2) is 19.2 Å². The molecule has 1 saturated heterocycles. The molecular formula is C10H17N5O2S. The van der Waals surface area contributed by atoms with Gasteiger partial charge in [-0.05, 0) is 13.5 Å². The first-order valence-electron chi connectivity index (χ1n) is 5.68. The van der Waals surface area contributed by atoms with E-state index in [1.807, 2.05) is 11.9 Å². The van der Waals surface area contributed by atoms with Crippen LogP contribution < -0.4 is 11.3 Å². The number of nitrogen functional groups attached to an aromatic ring is 1. The van der Waals surface area contributed by atoms with Crippen molar-refractivity contribution in [2.75, 3.05) is 24.0 Å². The third-order valence-electron chi connectivity index (χ3n) is 3.10. The summed E-state index contributed by atoms with van der Waals surface area (Å²) in [6, 6.07) is 0.0733. The molecule has 0 spiro atoms. The van der Waals surface area contributed by atoms with Crippen LogP contribution in [0.5, 0.6) is 0 Å². The zero-order valence-corrected chi connectivity index (χ0v) is 11.0. The Morgan fingerprint density at radius 2 is 2.28 bits per heavy atom. The molecule has 1 aromatic heterocycles. The summed E-state index contributed by atoms with van der Waals surface area (Å²) in [5.41, 5.74) is 3.20. The fourth-order valence-corrected chi connectivity index (χ4v) is 3.82. The van der Waals surface area contributed by atoms with E-state index in [-0.39, 0.29) is 17.5 Å². The minimum atomic E-state index is -2.85. The molecule has 1 aliphatic rings. The van der Waals surface area contributed by atoms with Crippen LogP contribution in [0.1, 0.15) is 12.1 Å². The Balaban J connectivity index is 1.96. The molecule has 1 fully saturated rings. The van der Waals surface area contributed by atoms with Crippen LogP contribution in [0.3, 0.4) is 0 Å².